The number of thiophene rings is 1. The molecule has 170 valence electrons. The van der Waals surface area contributed by atoms with Gasteiger partial charge in [-0.25, -0.2) is 0 Å². The topological polar surface area (TPSA) is 80.9 Å². The maximum Gasteiger partial charge on any atom is 0.248 e. The fourth-order valence-corrected chi connectivity index (χ4v) is 4.17. The molecule has 1 amide bonds. The number of ether oxygens (including phenoxy) is 2. The van der Waals surface area contributed by atoms with Crippen molar-refractivity contribution in [3.05, 3.63) is 53.7 Å². The Morgan fingerprint density at radius 1 is 1.06 bits per heavy atom. The van der Waals surface area contributed by atoms with E-state index in [2.05, 4.69) is 15.0 Å². The van der Waals surface area contributed by atoms with E-state index in [1.54, 1.807) is 11.3 Å². The highest BCUT2D eigenvalue weighted by Crippen LogP contribution is 2.21. The van der Waals surface area contributed by atoms with E-state index >= 15 is 0 Å². The van der Waals surface area contributed by atoms with Gasteiger partial charge in [0.2, 0.25) is 17.6 Å². The normalized spacial score (nSPS) is 14.6. The van der Waals surface area contributed by atoms with Crippen LogP contribution in [0.4, 0.5) is 0 Å². The second-order valence-corrected chi connectivity index (χ2v) is 8.48. The molecule has 1 saturated heterocycles. The SMILES string of the molecule is O=C(COCCOc1ccccc1)N1CCN(CCCc2nc(-c3cccs3)no2)CC1. The molecule has 1 fully saturated rings. The number of rotatable bonds is 11. The number of piperazine rings is 1. The summed E-state index contributed by atoms with van der Waals surface area (Å²) in [7, 11) is 0. The van der Waals surface area contributed by atoms with Crippen LogP contribution < -0.4 is 4.74 Å². The van der Waals surface area contributed by atoms with Crippen molar-refractivity contribution < 1.29 is 18.8 Å². The lowest BCUT2D eigenvalue weighted by Gasteiger charge is -2.34. The summed E-state index contributed by atoms with van der Waals surface area (Å²) < 4.78 is 16.4. The van der Waals surface area contributed by atoms with Gasteiger partial charge in [-0.15, -0.1) is 11.3 Å². The van der Waals surface area contributed by atoms with Crippen molar-refractivity contribution in [3.8, 4) is 16.5 Å². The summed E-state index contributed by atoms with van der Waals surface area (Å²) >= 11 is 1.60. The first-order valence-electron chi connectivity index (χ1n) is 10.9. The molecule has 3 heterocycles. The van der Waals surface area contributed by atoms with Gasteiger partial charge in [-0.1, -0.05) is 29.4 Å². The minimum absolute atomic E-state index is 0.0383. The van der Waals surface area contributed by atoms with E-state index in [4.69, 9.17) is 14.0 Å². The Morgan fingerprint density at radius 3 is 2.69 bits per heavy atom. The van der Waals surface area contributed by atoms with Crippen LogP contribution in [0.15, 0.2) is 52.4 Å². The average Bonchev–Trinajstić information content (AvgIpc) is 3.52. The molecule has 1 aliphatic rings. The van der Waals surface area contributed by atoms with Crippen molar-refractivity contribution in [1.82, 2.24) is 19.9 Å². The number of benzene rings is 1. The molecule has 0 N–H and O–H groups in total. The van der Waals surface area contributed by atoms with E-state index in [1.165, 1.54) is 0 Å². The third kappa shape index (κ3) is 6.62. The summed E-state index contributed by atoms with van der Waals surface area (Å²) in [5.41, 5.74) is 0. The predicted octanol–water partition coefficient (Wildman–Crippen LogP) is 2.97. The highest BCUT2D eigenvalue weighted by Gasteiger charge is 2.21. The molecule has 2 aromatic heterocycles. The van der Waals surface area contributed by atoms with Gasteiger partial charge in [0.1, 0.15) is 19.0 Å². The first kappa shape index (κ1) is 22.4. The van der Waals surface area contributed by atoms with E-state index < -0.39 is 0 Å². The molecule has 0 aliphatic carbocycles. The quantitative estimate of drug-likeness (QED) is 0.410. The van der Waals surface area contributed by atoms with Gasteiger partial charge in [-0.05, 0) is 36.5 Å². The Balaban J connectivity index is 1.06. The molecule has 1 aliphatic heterocycles. The average molecular weight is 457 g/mol. The van der Waals surface area contributed by atoms with E-state index in [0.717, 1.165) is 56.2 Å². The predicted molar refractivity (Wildman–Crippen MR) is 122 cm³/mol. The van der Waals surface area contributed by atoms with Crippen LogP contribution in [0, 0.1) is 0 Å². The smallest absolute Gasteiger partial charge is 0.248 e. The van der Waals surface area contributed by atoms with Crippen molar-refractivity contribution in [2.75, 3.05) is 52.5 Å². The molecule has 1 aromatic carbocycles. The van der Waals surface area contributed by atoms with Gasteiger partial charge in [0.25, 0.3) is 0 Å². The fraction of sp³-hybridized carbons (Fsp3) is 0.435. The lowest BCUT2D eigenvalue weighted by molar-refractivity contribution is -0.138. The zero-order valence-electron chi connectivity index (χ0n) is 18.0. The Hall–Kier alpha value is -2.75. The third-order valence-corrected chi connectivity index (χ3v) is 6.13. The van der Waals surface area contributed by atoms with E-state index in [0.29, 0.717) is 24.9 Å². The van der Waals surface area contributed by atoms with Crippen LogP contribution in [0.2, 0.25) is 0 Å². The van der Waals surface area contributed by atoms with Gasteiger partial charge in [0.05, 0.1) is 11.5 Å². The van der Waals surface area contributed by atoms with E-state index in [-0.39, 0.29) is 12.5 Å². The maximum atomic E-state index is 12.4. The number of aromatic nitrogens is 2. The monoisotopic (exact) mass is 456 g/mol. The summed E-state index contributed by atoms with van der Waals surface area (Å²) in [4.78, 5) is 22.1. The first-order valence-corrected chi connectivity index (χ1v) is 11.8. The standard InChI is InChI=1S/C23H28N4O4S/c28-22(18-29-15-16-30-19-6-2-1-3-7-19)27-13-11-26(12-14-27)10-4-9-21-24-23(25-31-21)20-8-5-17-32-20/h1-3,5-8,17H,4,9-16,18H2. The number of amides is 1. The van der Waals surface area contributed by atoms with Crippen LogP contribution in [0.1, 0.15) is 12.3 Å². The van der Waals surface area contributed by atoms with E-state index in [9.17, 15) is 4.79 Å². The van der Waals surface area contributed by atoms with E-state index in [1.807, 2.05) is 52.7 Å². The Morgan fingerprint density at radius 2 is 1.91 bits per heavy atom. The van der Waals surface area contributed by atoms with Crippen molar-refractivity contribution in [2.24, 2.45) is 0 Å². The Bertz CT molecular complexity index is 940. The van der Waals surface area contributed by atoms with Gasteiger partial charge in [-0.3, -0.25) is 9.69 Å². The molecule has 0 saturated carbocycles. The van der Waals surface area contributed by atoms with Crippen LogP contribution in [-0.4, -0.2) is 78.4 Å². The molecule has 9 heteroatoms. The third-order valence-electron chi connectivity index (χ3n) is 5.26. The van der Waals surface area contributed by atoms with Crippen molar-refractivity contribution in [1.29, 1.82) is 0 Å². The zero-order chi connectivity index (χ0) is 22.0. The largest absolute Gasteiger partial charge is 0.491 e. The summed E-state index contributed by atoms with van der Waals surface area (Å²) in [6.45, 7) is 5.07. The second kappa shape index (κ2) is 11.8. The summed E-state index contributed by atoms with van der Waals surface area (Å²) in [5.74, 6) is 2.18. The first-order chi connectivity index (χ1) is 15.8. The number of hydrogen-bond donors (Lipinski definition) is 0. The number of hydrogen-bond acceptors (Lipinski definition) is 8. The zero-order valence-corrected chi connectivity index (χ0v) is 18.8. The number of aryl methyl sites for hydroxylation is 1. The molecule has 3 aromatic rings. The van der Waals surface area contributed by atoms with Crippen LogP contribution in [0.3, 0.4) is 0 Å². The number of nitrogens with zero attached hydrogens (tertiary/aromatic N) is 4. The molecule has 32 heavy (non-hydrogen) atoms. The lowest BCUT2D eigenvalue weighted by atomic mass is 10.2. The van der Waals surface area contributed by atoms with Crippen LogP contribution >= 0.6 is 11.3 Å². The maximum absolute atomic E-state index is 12.4. The van der Waals surface area contributed by atoms with Crippen molar-refractivity contribution >= 4 is 17.2 Å². The summed E-state index contributed by atoms with van der Waals surface area (Å²) in [6.07, 6.45) is 1.71. The molecule has 0 spiro atoms. The minimum Gasteiger partial charge on any atom is -0.491 e. The Labute approximate surface area is 191 Å². The molecule has 0 radical (unpaired) electrons. The second-order valence-electron chi connectivity index (χ2n) is 7.53. The van der Waals surface area contributed by atoms with Gasteiger partial charge in [-0.2, -0.15) is 4.98 Å². The highest BCUT2D eigenvalue weighted by molar-refractivity contribution is 7.13. The molecular weight excluding hydrogens is 428 g/mol. The summed E-state index contributed by atoms with van der Waals surface area (Å²) in [5, 5.41) is 6.05. The highest BCUT2D eigenvalue weighted by atomic mass is 32.1. The molecule has 0 unspecified atom stereocenters. The molecule has 0 bridgehead atoms. The molecular formula is C23H28N4O4S. The van der Waals surface area contributed by atoms with Crippen molar-refractivity contribution in [2.45, 2.75) is 12.8 Å². The molecule has 8 nitrogen and oxygen atoms in total. The number of carbonyl (C=O) groups is 1. The number of carbonyl (C=O) groups excluding carboxylic acids is 1. The van der Waals surface area contributed by atoms with Gasteiger partial charge >= 0.3 is 0 Å². The van der Waals surface area contributed by atoms with Gasteiger partial charge in [0.15, 0.2) is 0 Å². The number of para-hydroxylation sites is 1. The molecule has 0 atom stereocenters. The summed E-state index contributed by atoms with van der Waals surface area (Å²) in [6, 6.07) is 13.6. The fourth-order valence-electron chi connectivity index (χ4n) is 3.52. The molecule has 4 rings (SSSR count). The minimum atomic E-state index is 0.0383. The van der Waals surface area contributed by atoms with Gasteiger partial charge < -0.3 is 18.9 Å². The van der Waals surface area contributed by atoms with Crippen LogP contribution in [0.5, 0.6) is 5.75 Å². The van der Waals surface area contributed by atoms with Crippen molar-refractivity contribution in [3.63, 3.8) is 0 Å². The van der Waals surface area contributed by atoms with Gasteiger partial charge in [0, 0.05) is 32.6 Å². The Kier molecular flexibility index (Phi) is 8.24. The van der Waals surface area contributed by atoms with Crippen LogP contribution in [-0.2, 0) is 16.0 Å². The van der Waals surface area contributed by atoms with Crippen LogP contribution in [0.25, 0.3) is 10.7 Å². The lowest BCUT2D eigenvalue weighted by Crippen LogP contribution is -2.49.